The Morgan fingerprint density at radius 1 is 1.53 bits per heavy atom. The van der Waals surface area contributed by atoms with E-state index in [1.54, 1.807) is 16.7 Å². The fourth-order valence-electron chi connectivity index (χ4n) is 3.13. The smallest absolute Gasteiger partial charge is 0.246 e. The summed E-state index contributed by atoms with van der Waals surface area (Å²) in [6, 6.07) is -0.476. The van der Waals surface area contributed by atoms with Gasteiger partial charge in [0.15, 0.2) is 0 Å². The second-order valence-electron chi connectivity index (χ2n) is 5.37. The molecule has 2 fully saturated rings. The average molecular weight is 285 g/mol. The largest absolute Gasteiger partial charge is 0.352 e. The normalized spacial score (nSPS) is 23.5. The van der Waals surface area contributed by atoms with Gasteiger partial charge < -0.3 is 16.0 Å². The van der Waals surface area contributed by atoms with Crippen LogP contribution in [0.15, 0.2) is 0 Å². The van der Waals surface area contributed by atoms with Gasteiger partial charge in [0.2, 0.25) is 11.8 Å². The van der Waals surface area contributed by atoms with Gasteiger partial charge in [0, 0.05) is 13.1 Å². The van der Waals surface area contributed by atoms with Crippen LogP contribution in [0.4, 0.5) is 0 Å². The molecular weight excluding hydrogens is 262 g/mol. The predicted octanol–water partition coefficient (Wildman–Crippen LogP) is 0.338. The first-order valence-electron chi connectivity index (χ1n) is 6.96. The lowest BCUT2D eigenvalue weighted by molar-refractivity contribution is -0.152. The highest BCUT2D eigenvalue weighted by Gasteiger charge is 2.50. The van der Waals surface area contributed by atoms with Crippen molar-refractivity contribution in [2.24, 2.45) is 5.73 Å². The molecule has 0 unspecified atom stereocenters. The number of hydrogen-bond acceptors (Lipinski definition) is 4. The Morgan fingerprint density at radius 3 is 2.84 bits per heavy atom. The van der Waals surface area contributed by atoms with Crippen molar-refractivity contribution in [3.8, 4) is 0 Å². The summed E-state index contributed by atoms with van der Waals surface area (Å²) in [5, 5.41) is 2.90. The minimum atomic E-state index is -0.605. The average Bonchev–Trinajstić information content (AvgIpc) is 2.89. The summed E-state index contributed by atoms with van der Waals surface area (Å²) in [6.45, 7) is 1.14. The van der Waals surface area contributed by atoms with E-state index >= 15 is 0 Å². The minimum Gasteiger partial charge on any atom is -0.352 e. The maximum absolute atomic E-state index is 12.5. The van der Waals surface area contributed by atoms with Crippen molar-refractivity contribution < 1.29 is 9.59 Å². The number of nitrogens with two attached hydrogens (primary N) is 1. The lowest BCUT2D eigenvalue weighted by Crippen LogP contribution is -2.67. The van der Waals surface area contributed by atoms with Crippen LogP contribution in [-0.2, 0) is 9.59 Å². The fourth-order valence-corrected chi connectivity index (χ4v) is 3.62. The van der Waals surface area contributed by atoms with Gasteiger partial charge in [-0.25, -0.2) is 0 Å². The van der Waals surface area contributed by atoms with Gasteiger partial charge in [-0.3, -0.25) is 9.59 Å². The van der Waals surface area contributed by atoms with Gasteiger partial charge in [0.05, 0.1) is 6.04 Å². The van der Waals surface area contributed by atoms with Crippen LogP contribution in [0.1, 0.15) is 32.1 Å². The number of amides is 2. The molecule has 2 rings (SSSR count). The Labute approximate surface area is 118 Å². The van der Waals surface area contributed by atoms with Crippen LogP contribution in [0, 0.1) is 0 Å². The van der Waals surface area contributed by atoms with Gasteiger partial charge in [0.1, 0.15) is 5.54 Å². The second-order valence-corrected chi connectivity index (χ2v) is 6.36. The SMILES string of the molecule is CSCC[C@@H](N)C(=O)N1CCNC(=O)C12CCCC2. The first-order chi connectivity index (χ1) is 9.12. The molecule has 0 bridgehead atoms. The van der Waals surface area contributed by atoms with Crippen LogP contribution < -0.4 is 11.1 Å². The third-order valence-electron chi connectivity index (χ3n) is 4.21. The standard InChI is InChI=1S/C13H23N3O2S/c1-19-9-4-10(14)11(17)16-8-7-15-12(18)13(16)5-2-3-6-13/h10H,2-9,14H2,1H3,(H,15,18)/t10-/m1/s1. The summed E-state index contributed by atoms with van der Waals surface area (Å²) in [6.07, 6.45) is 6.26. The number of hydrogen-bond donors (Lipinski definition) is 2. The second kappa shape index (κ2) is 6.13. The Balaban J connectivity index is 2.11. The Bertz CT molecular complexity index is 356. The van der Waals surface area contributed by atoms with Gasteiger partial charge >= 0.3 is 0 Å². The summed E-state index contributed by atoms with van der Waals surface area (Å²) < 4.78 is 0. The fraction of sp³-hybridized carbons (Fsp3) is 0.846. The highest BCUT2D eigenvalue weighted by atomic mass is 32.2. The molecule has 5 nitrogen and oxygen atoms in total. The molecule has 1 saturated carbocycles. The molecule has 2 aliphatic rings. The van der Waals surface area contributed by atoms with E-state index in [0.717, 1.165) is 31.4 Å². The van der Waals surface area contributed by atoms with Crippen molar-refractivity contribution in [3.05, 3.63) is 0 Å². The molecular formula is C13H23N3O2S. The molecule has 1 aliphatic heterocycles. The number of piperazine rings is 1. The van der Waals surface area contributed by atoms with E-state index in [0.29, 0.717) is 19.5 Å². The summed E-state index contributed by atoms with van der Waals surface area (Å²) in [7, 11) is 0. The number of nitrogens with one attached hydrogen (secondary N) is 1. The molecule has 0 aromatic heterocycles. The zero-order valence-corrected chi connectivity index (χ0v) is 12.3. The van der Waals surface area contributed by atoms with Crippen molar-refractivity contribution in [1.29, 1.82) is 0 Å². The molecule has 108 valence electrons. The van der Waals surface area contributed by atoms with E-state index < -0.39 is 11.6 Å². The molecule has 0 aromatic carbocycles. The van der Waals surface area contributed by atoms with Gasteiger partial charge in [-0.15, -0.1) is 0 Å². The number of rotatable bonds is 4. The summed E-state index contributed by atoms with van der Waals surface area (Å²) >= 11 is 1.69. The van der Waals surface area contributed by atoms with Crippen molar-refractivity contribution in [3.63, 3.8) is 0 Å². The molecule has 0 radical (unpaired) electrons. The maximum atomic E-state index is 12.5. The molecule has 19 heavy (non-hydrogen) atoms. The Kier molecular flexibility index (Phi) is 4.73. The van der Waals surface area contributed by atoms with Gasteiger partial charge in [0.25, 0.3) is 0 Å². The topological polar surface area (TPSA) is 75.4 Å². The lowest BCUT2D eigenvalue weighted by Gasteiger charge is -2.44. The number of thioether (sulfide) groups is 1. The quantitative estimate of drug-likeness (QED) is 0.781. The zero-order chi connectivity index (χ0) is 13.9. The third-order valence-corrected chi connectivity index (χ3v) is 4.85. The summed E-state index contributed by atoms with van der Waals surface area (Å²) in [5.41, 5.74) is 5.39. The Morgan fingerprint density at radius 2 is 2.21 bits per heavy atom. The third kappa shape index (κ3) is 2.74. The van der Waals surface area contributed by atoms with Crippen LogP contribution in [-0.4, -0.2) is 53.4 Å². The molecule has 3 N–H and O–H groups in total. The molecule has 1 spiro atoms. The maximum Gasteiger partial charge on any atom is 0.246 e. The van der Waals surface area contributed by atoms with Gasteiger partial charge in [-0.1, -0.05) is 12.8 Å². The van der Waals surface area contributed by atoms with Gasteiger partial charge in [-0.2, -0.15) is 11.8 Å². The van der Waals surface area contributed by atoms with Crippen LogP contribution in [0.25, 0.3) is 0 Å². The van der Waals surface area contributed by atoms with Crippen LogP contribution >= 0.6 is 11.8 Å². The first-order valence-corrected chi connectivity index (χ1v) is 8.35. The van der Waals surface area contributed by atoms with Crippen molar-refractivity contribution in [2.75, 3.05) is 25.1 Å². The molecule has 1 aliphatic carbocycles. The van der Waals surface area contributed by atoms with Crippen molar-refractivity contribution in [1.82, 2.24) is 10.2 Å². The van der Waals surface area contributed by atoms with E-state index in [-0.39, 0.29) is 11.8 Å². The van der Waals surface area contributed by atoms with Crippen LogP contribution in [0.2, 0.25) is 0 Å². The Hall–Kier alpha value is -0.750. The predicted molar refractivity (Wildman–Crippen MR) is 76.9 cm³/mol. The van der Waals surface area contributed by atoms with E-state index in [1.165, 1.54) is 0 Å². The highest BCUT2D eigenvalue weighted by molar-refractivity contribution is 7.98. The van der Waals surface area contributed by atoms with Crippen LogP contribution in [0.5, 0.6) is 0 Å². The van der Waals surface area contributed by atoms with E-state index in [9.17, 15) is 9.59 Å². The molecule has 1 atom stereocenters. The summed E-state index contributed by atoms with van der Waals surface area (Å²) in [5.74, 6) is 0.840. The minimum absolute atomic E-state index is 0.0154. The zero-order valence-electron chi connectivity index (χ0n) is 11.5. The molecule has 0 aromatic rings. The van der Waals surface area contributed by atoms with Crippen molar-refractivity contribution >= 4 is 23.6 Å². The van der Waals surface area contributed by atoms with Crippen LogP contribution in [0.3, 0.4) is 0 Å². The highest BCUT2D eigenvalue weighted by Crippen LogP contribution is 2.37. The van der Waals surface area contributed by atoms with E-state index in [2.05, 4.69) is 5.32 Å². The number of carbonyl (C=O) groups is 2. The molecule has 6 heteroatoms. The number of carbonyl (C=O) groups excluding carboxylic acids is 2. The van der Waals surface area contributed by atoms with Gasteiger partial charge in [-0.05, 0) is 31.3 Å². The first kappa shape index (κ1) is 14.7. The number of nitrogens with zero attached hydrogens (tertiary/aromatic N) is 1. The van der Waals surface area contributed by atoms with Crippen molar-refractivity contribution in [2.45, 2.75) is 43.7 Å². The van der Waals surface area contributed by atoms with E-state index in [4.69, 9.17) is 5.73 Å². The van der Waals surface area contributed by atoms with E-state index in [1.807, 2.05) is 6.26 Å². The molecule has 1 saturated heterocycles. The lowest BCUT2D eigenvalue weighted by atomic mass is 9.90. The monoisotopic (exact) mass is 285 g/mol. The molecule has 2 amide bonds. The summed E-state index contributed by atoms with van der Waals surface area (Å²) in [4.78, 5) is 26.5. The molecule has 1 heterocycles.